The van der Waals surface area contributed by atoms with Crippen LogP contribution in [-0.4, -0.2) is 43.0 Å². The van der Waals surface area contributed by atoms with E-state index in [0.717, 1.165) is 29.0 Å². The Labute approximate surface area is 205 Å². The van der Waals surface area contributed by atoms with Gasteiger partial charge in [0.05, 0.1) is 5.56 Å². The Hall–Kier alpha value is -3.82. The topological polar surface area (TPSA) is 119 Å². The number of anilines is 1. The summed E-state index contributed by atoms with van der Waals surface area (Å²) in [4.78, 5) is 25.5. The van der Waals surface area contributed by atoms with Crippen LogP contribution >= 0.6 is 0 Å². The van der Waals surface area contributed by atoms with Crippen LogP contribution < -0.4 is 15.7 Å². The smallest absolute Gasteiger partial charge is 0.425 e. The Balaban J connectivity index is 2.21. The molecule has 2 aromatic carbocycles. The highest BCUT2D eigenvalue weighted by Gasteiger charge is 2.39. The number of hydrogen-bond acceptors (Lipinski definition) is 6. The number of nitrogens with one attached hydrogen (secondary N) is 2. The van der Waals surface area contributed by atoms with Gasteiger partial charge in [-0.05, 0) is 32.0 Å². The third kappa shape index (κ3) is 5.63. The summed E-state index contributed by atoms with van der Waals surface area (Å²) in [5.74, 6) is -6.11. The van der Waals surface area contributed by atoms with Crippen molar-refractivity contribution in [2.24, 2.45) is 0 Å². The SMILES string of the molecule is CCn1c(S(C)(=N)=O)nn(-c2cc(OC(C)C(F)(F)F)c(C(=O)Nc3c(F)cccc3F)cc2F)c1=O. The van der Waals surface area contributed by atoms with Crippen LogP contribution in [0.2, 0.25) is 0 Å². The molecule has 16 heteroatoms. The molecular formula is C21H19F6N5O4S. The van der Waals surface area contributed by atoms with Gasteiger partial charge in [0.25, 0.3) is 5.91 Å². The van der Waals surface area contributed by atoms with Crippen molar-refractivity contribution in [3.8, 4) is 11.4 Å². The highest BCUT2D eigenvalue weighted by molar-refractivity contribution is 7.91. The number of rotatable bonds is 7. The minimum absolute atomic E-state index is 0.122. The van der Waals surface area contributed by atoms with E-state index in [0.29, 0.717) is 23.7 Å². The number of alkyl halides is 3. The number of aromatic nitrogens is 3. The molecule has 9 nitrogen and oxygen atoms in total. The third-order valence-electron chi connectivity index (χ3n) is 4.98. The zero-order valence-corrected chi connectivity index (χ0v) is 20.1. The van der Waals surface area contributed by atoms with Gasteiger partial charge in [0.15, 0.2) is 6.10 Å². The molecule has 1 aromatic heterocycles. The van der Waals surface area contributed by atoms with Crippen molar-refractivity contribution >= 4 is 21.3 Å². The van der Waals surface area contributed by atoms with Crippen LogP contribution in [0.5, 0.6) is 5.75 Å². The van der Waals surface area contributed by atoms with Gasteiger partial charge in [-0.3, -0.25) is 9.36 Å². The fraction of sp³-hybridized carbons (Fsp3) is 0.286. The molecule has 3 rings (SSSR count). The number of carbonyl (C=O) groups excluding carboxylic acids is 1. The van der Waals surface area contributed by atoms with Gasteiger partial charge in [0.1, 0.15) is 44.3 Å². The maximum absolute atomic E-state index is 15.1. The Bertz CT molecular complexity index is 1510. The molecule has 0 aliphatic rings. The second-order valence-electron chi connectivity index (χ2n) is 7.72. The average Bonchev–Trinajstić information content (AvgIpc) is 3.13. The molecule has 0 saturated heterocycles. The molecule has 2 N–H and O–H groups in total. The lowest BCUT2D eigenvalue weighted by molar-refractivity contribution is -0.189. The molecule has 0 aliphatic heterocycles. The molecule has 200 valence electrons. The van der Waals surface area contributed by atoms with Gasteiger partial charge in [0.2, 0.25) is 5.16 Å². The zero-order chi connectivity index (χ0) is 27.9. The van der Waals surface area contributed by atoms with Gasteiger partial charge in [-0.25, -0.2) is 27.0 Å². The predicted octanol–water partition coefficient (Wildman–Crippen LogP) is 4.09. The van der Waals surface area contributed by atoms with Crippen LogP contribution in [0.25, 0.3) is 5.69 Å². The van der Waals surface area contributed by atoms with Gasteiger partial charge in [-0.2, -0.15) is 17.9 Å². The monoisotopic (exact) mass is 551 g/mol. The molecule has 0 aliphatic carbocycles. The van der Waals surface area contributed by atoms with Gasteiger partial charge in [-0.15, -0.1) is 5.10 Å². The lowest BCUT2D eigenvalue weighted by Crippen LogP contribution is -2.32. The molecule has 1 amide bonds. The number of nitrogens with zero attached hydrogens (tertiary/aromatic N) is 3. The van der Waals surface area contributed by atoms with Crippen LogP contribution in [0, 0.1) is 22.2 Å². The van der Waals surface area contributed by atoms with Crippen molar-refractivity contribution in [2.75, 3.05) is 11.6 Å². The van der Waals surface area contributed by atoms with E-state index in [-0.39, 0.29) is 6.54 Å². The van der Waals surface area contributed by atoms with Crippen LogP contribution in [0.4, 0.5) is 32.0 Å². The summed E-state index contributed by atoms with van der Waals surface area (Å²) in [6, 6.07) is 3.56. The van der Waals surface area contributed by atoms with Gasteiger partial charge < -0.3 is 10.1 Å². The van der Waals surface area contributed by atoms with E-state index in [1.165, 1.54) is 6.92 Å². The van der Waals surface area contributed by atoms with Crippen LogP contribution in [-0.2, 0) is 16.3 Å². The summed E-state index contributed by atoms with van der Waals surface area (Å²) in [6.07, 6.45) is -6.52. The normalized spacial score (nSPS) is 14.2. The fourth-order valence-corrected chi connectivity index (χ4v) is 3.99. The molecule has 0 spiro atoms. The van der Waals surface area contributed by atoms with E-state index in [4.69, 9.17) is 9.52 Å². The molecule has 0 fully saturated rings. The second-order valence-corrected chi connectivity index (χ2v) is 9.77. The molecule has 0 bridgehead atoms. The van der Waals surface area contributed by atoms with E-state index in [1.807, 2.05) is 5.32 Å². The second kappa shape index (κ2) is 9.91. The van der Waals surface area contributed by atoms with E-state index in [1.54, 1.807) is 0 Å². The molecule has 37 heavy (non-hydrogen) atoms. The highest BCUT2D eigenvalue weighted by atomic mass is 32.2. The molecule has 1 heterocycles. The lowest BCUT2D eigenvalue weighted by atomic mass is 10.1. The van der Waals surface area contributed by atoms with Gasteiger partial charge >= 0.3 is 11.9 Å². The quantitative estimate of drug-likeness (QED) is 0.429. The number of carbonyl (C=O) groups is 1. The minimum Gasteiger partial charge on any atom is -0.480 e. The maximum atomic E-state index is 15.1. The van der Waals surface area contributed by atoms with E-state index >= 15 is 4.39 Å². The highest BCUT2D eigenvalue weighted by Crippen LogP contribution is 2.31. The van der Waals surface area contributed by atoms with Crippen molar-refractivity contribution in [3.05, 3.63) is 63.8 Å². The van der Waals surface area contributed by atoms with Crippen molar-refractivity contribution in [3.63, 3.8) is 0 Å². The van der Waals surface area contributed by atoms with Crippen LogP contribution in [0.1, 0.15) is 24.2 Å². The first-order chi connectivity index (χ1) is 17.1. The van der Waals surface area contributed by atoms with E-state index in [9.17, 15) is 35.8 Å². The number of para-hydroxylation sites is 1. The lowest BCUT2D eigenvalue weighted by Gasteiger charge is -2.20. The van der Waals surface area contributed by atoms with E-state index < -0.39 is 78.9 Å². The number of ether oxygens (including phenoxy) is 1. The van der Waals surface area contributed by atoms with Crippen LogP contribution in [0.3, 0.4) is 0 Å². The first-order valence-corrected chi connectivity index (χ1v) is 12.3. The molecule has 0 radical (unpaired) electrons. The molecule has 3 aromatic rings. The molecular weight excluding hydrogens is 532 g/mol. The summed E-state index contributed by atoms with van der Waals surface area (Å²) in [7, 11) is -3.59. The Kier molecular flexibility index (Phi) is 7.44. The summed E-state index contributed by atoms with van der Waals surface area (Å²) in [6.45, 7) is 1.92. The van der Waals surface area contributed by atoms with Crippen molar-refractivity contribution in [1.29, 1.82) is 4.78 Å². The van der Waals surface area contributed by atoms with Gasteiger partial charge in [0, 0.05) is 18.9 Å². The zero-order valence-electron chi connectivity index (χ0n) is 19.3. The van der Waals surface area contributed by atoms with Crippen molar-refractivity contribution in [2.45, 2.75) is 37.8 Å². The van der Waals surface area contributed by atoms with Gasteiger partial charge in [-0.1, -0.05) is 6.07 Å². The molecule has 0 saturated carbocycles. The summed E-state index contributed by atoms with van der Waals surface area (Å²) in [5, 5.41) is 5.00. The maximum Gasteiger partial charge on any atom is 0.425 e. The Morgan fingerprint density at radius 3 is 2.27 bits per heavy atom. The van der Waals surface area contributed by atoms with Crippen molar-refractivity contribution < 1.29 is 40.1 Å². The Morgan fingerprint density at radius 2 is 1.78 bits per heavy atom. The first-order valence-electron chi connectivity index (χ1n) is 10.3. The number of amides is 1. The molecule has 2 unspecified atom stereocenters. The summed E-state index contributed by atoms with van der Waals surface area (Å²) in [5.41, 5.74) is -3.69. The summed E-state index contributed by atoms with van der Waals surface area (Å²) >= 11 is 0. The fourth-order valence-electron chi connectivity index (χ4n) is 3.13. The minimum atomic E-state index is -4.94. The number of halogens is 6. The average molecular weight is 551 g/mol. The van der Waals surface area contributed by atoms with Crippen LogP contribution in [0.15, 0.2) is 40.3 Å². The first kappa shape index (κ1) is 27.8. The molecule has 2 atom stereocenters. The number of benzene rings is 2. The third-order valence-corrected chi connectivity index (χ3v) is 5.98. The standard InChI is InChI=1S/C21H19F6N5O4S/c1-4-31-19(37(3,28)35)30-32(20(31)34)15-9-16(36-10(2)21(25,26)27)11(8-14(15)24)18(33)29-17-12(22)6-5-7-13(17)23/h5-10,28H,4H2,1-3H3,(H,29,33). The Morgan fingerprint density at radius 1 is 1.19 bits per heavy atom. The predicted molar refractivity (Wildman–Crippen MR) is 119 cm³/mol. The summed E-state index contributed by atoms with van der Waals surface area (Å²) < 4.78 is 109. The largest absolute Gasteiger partial charge is 0.480 e. The number of hydrogen-bond donors (Lipinski definition) is 2. The van der Waals surface area contributed by atoms with E-state index in [2.05, 4.69) is 5.10 Å². The van der Waals surface area contributed by atoms with Crippen molar-refractivity contribution in [1.82, 2.24) is 14.3 Å².